The molecule has 0 spiro atoms. The third kappa shape index (κ3) is 3.14. The van der Waals surface area contributed by atoms with Crippen LogP contribution in [0.25, 0.3) is 11.3 Å². The van der Waals surface area contributed by atoms with Crippen molar-refractivity contribution in [2.45, 2.75) is 11.8 Å². The molecule has 0 aliphatic carbocycles. The highest BCUT2D eigenvalue weighted by molar-refractivity contribution is 9.10. The zero-order chi connectivity index (χ0) is 12.3. The molecule has 0 saturated heterocycles. The van der Waals surface area contributed by atoms with Gasteiger partial charge in [-0.05, 0) is 6.92 Å². The van der Waals surface area contributed by atoms with Gasteiger partial charge in [-0.15, -0.1) is 11.3 Å². The summed E-state index contributed by atoms with van der Waals surface area (Å²) in [6.07, 6.45) is 0. The average Bonchev–Trinajstić information content (AvgIpc) is 2.78. The molecule has 1 amide bonds. The Hall–Kier alpha value is -1.20. The summed E-state index contributed by atoms with van der Waals surface area (Å²) in [6, 6.07) is 9.88. The number of benzene rings is 1. The van der Waals surface area contributed by atoms with Crippen LogP contribution < -0.4 is 5.32 Å². The molecule has 1 heterocycles. The van der Waals surface area contributed by atoms with Crippen molar-refractivity contribution < 1.29 is 4.79 Å². The Kier molecular flexibility index (Phi) is 3.91. The smallest absolute Gasteiger partial charge is 0.239 e. The number of carbonyl (C=O) groups excluding carboxylic acids is 1. The first-order chi connectivity index (χ1) is 8.16. The van der Waals surface area contributed by atoms with Crippen molar-refractivity contribution >= 4 is 38.3 Å². The van der Waals surface area contributed by atoms with E-state index in [0.717, 1.165) is 11.3 Å². The normalized spacial score (nSPS) is 12.1. The monoisotopic (exact) mass is 310 g/mol. The van der Waals surface area contributed by atoms with Crippen LogP contribution >= 0.6 is 27.3 Å². The number of hydrogen-bond donors (Lipinski definition) is 1. The molecule has 1 aromatic heterocycles. The fraction of sp³-hybridized carbons (Fsp3) is 0.167. The van der Waals surface area contributed by atoms with Gasteiger partial charge in [0.2, 0.25) is 5.91 Å². The number of thiazole rings is 1. The maximum atomic E-state index is 11.5. The number of hydrogen-bond acceptors (Lipinski definition) is 3. The standard InChI is InChI=1S/C12H11BrN2OS/c1-8(13)11(16)15-12-14-10(7-17-12)9-5-3-2-4-6-9/h2-8H,1H3,(H,14,15,16)/t8-/m1/s1. The summed E-state index contributed by atoms with van der Waals surface area (Å²) in [7, 11) is 0. The fourth-order valence-electron chi connectivity index (χ4n) is 1.28. The van der Waals surface area contributed by atoms with Gasteiger partial charge in [-0.1, -0.05) is 46.3 Å². The highest BCUT2D eigenvalue weighted by Crippen LogP contribution is 2.24. The second-order valence-electron chi connectivity index (χ2n) is 3.51. The molecule has 0 unspecified atom stereocenters. The van der Waals surface area contributed by atoms with Gasteiger partial charge in [-0.2, -0.15) is 0 Å². The number of halogens is 1. The van der Waals surface area contributed by atoms with E-state index in [1.807, 2.05) is 35.7 Å². The second kappa shape index (κ2) is 5.42. The molecule has 0 bridgehead atoms. The van der Waals surface area contributed by atoms with E-state index in [9.17, 15) is 4.79 Å². The van der Waals surface area contributed by atoms with Crippen LogP contribution in [-0.4, -0.2) is 15.7 Å². The van der Waals surface area contributed by atoms with Gasteiger partial charge in [-0.3, -0.25) is 4.79 Å². The van der Waals surface area contributed by atoms with Gasteiger partial charge in [0.05, 0.1) is 10.5 Å². The maximum Gasteiger partial charge on any atom is 0.239 e. The lowest BCUT2D eigenvalue weighted by atomic mass is 10.2. The zero-order valence-corrected chi connectivity index (χ0v) is 11.6. The van der Waals surface area contributed by atoms with E-state index in [4.69, 9.17) is 0 Å². The van der Waals surface area contributed by atoms with E-state index in [1.165, 1.54) is 11.3 Å². The van der Waals surface area contributed by atoms with E-state index in [0.29, 0.717) is 5.13 Å². The highest BCUT2D eigenvalue weighted by Gasteiger charge is 2.11. The van der Waals surface area contributed by atoms with Crippen molar-refractivity contribution in [3.63, 3.8) is 0 Å². The first kappa shape index (κ1) is 12.3. The van der Waals surface area contributed by atoms with Crippen LogP contribution in [0.1, 0.15) is 6.92 Å². The van der Waals surface area contributed by atoms with Crippen molar-refractivity contribution in [3.05, 3.63) is 35.7 Å². The highest BCUT2D eigenvalue weighted by atomic mass is 79.9. The lowest BCUT2D eigenvalue weighted by molar-refractivity contribution is -0.115. The van der Waals surface area contributed by atoms with Crippen LogP contribution in [0.4, 0.5) is 5.13 Å². The number of amides is 1. The van der Waals surface area contributed by atoms with Gasteiger partial charge >= 0.3 is 0 Å². The van der Waals surface area contributed by atoms with Crippen molar-refractivity contribution in [2.24, 2.45) is 0 Å². The Balaban J connectivity index is 2.14. The second-order valence-corrected chi connectivity index (χ2v) is 5.74. The Labute approximate surface area is 112 Å². The summed E-state index contributed by atoms with van der Waals surface area (Å²) in [5.41, 5.74) is 1.93. The molecule has 1 atom stereocenters. The van der Waals surface area contributed by atoms with Gasteiger partial charge in [0.25, 0.3) is 0 Å². The summed E-state index contributed by atoms with van der Waals surface area (Å²) < 4.78 is 0. The molecule has 1 N–H and O–H groups in total. The first-order valence-electron chi connectivity index (χ1n) is 5.12. The van der Waals surface area contributed by atoms with Crippen LogP contribution in [0, 0.1) is 0 Å². The van der Waals surface area contributed by atoms with Crippen LogP contribution in [0.2, 0.25) is 0 Å². The Morgan fingerprint density at radius 2 is 2.12 bits per heavy atom. The number of alkyl halides is 1. The summed E-state index contributed by atoms with van der Waals surface area (Å²) >= 11 is 4.64. The summed E-state index contributed by atoms with van der Waals surface area (Å²) in [5, 5.41) is 5.31. The Morgan fingerprint density at radius 1 is 1.41 bits per heavy atom. The average molecular weight is 311 g/mol. The molecule has 3 nitrogen and oxygen atoms in total. The van der Waals surface area contributed by atoms with Crippen LogP contribution in [0.15, 0.2) is 35.7 Å². The predicted octanol–water partition coefficient (Wildman–Crippen LogP) is 3.53. The molecule has 0 saturated carbocycles. The van der Waals surface area contributed by atoms with Crippen LogP contribution in [-0.2, 0) is 4.79 Å². The lowest BCUT2D eigenvalue weighted by Crippen LogP contribution is -2.19. The maximum absolute atomic E-state index is 11.5. The van der Waals surface area contributed by atoms with E-state index >= 15 is 0 Å². The summed E-state index contributed by atoms with van der Waals surface area (Å²) in [6.45, 7) is 1.78. The summed E-state index contributed by atoms with van der Waals surface area (Å²) in [5.74, 6) is -0.0843. The van der Waals surface area contributed by atoms with Gasteiger partial charge in [0.1, 0.15) is 0 Å². The minimum atomic E-state index is -0.216. The number of rotatable bonds is 3. The molecular weight excluding hydrogens is 300 g/mol. The fourth-order valence-corrected chi connectivity index (χ4v) is 2.11. The van der Waals surface area contributed by atoms with E-state index < -0.39 is 0 Å². The van der Waals surface area contributed by atoms with Gasteiger partial charge in [-0.25, -0.2) is 4.98 Å². The largest absolute Gasteiger partial charge is 0.301 e. The topological polar surface area (TPSA) is 42.0 Å². The Bertz CT molecular complexity index is 510. The number of anilines is 1. The van der Waals surface area contributed by atoms with E-state index in [2.05, 4.69) is 26.2 Å². The molecule has 0 fully saturated rings. The third-order valence-corrected chi connectivity index (χ3v) is 3.34. The van der Waals surface area contributed by atoms with Crippen molar-refractivity contribution in [2.75, 3.05) is 5.32 Å². The molecular formula is C12H11BrN2OS. The Morgan fingerprint density at radius 3 is 2.76 bits per heavy atom. The summed E-state index contributed by atoms with van der Waals surface area (Å²) in [4.78, 5) is 15.6. The number of nitrogens with zero attached hydrogens (tertiary/aromatic N) is 1. The van der Waals surface area contributed by atoms with Gasteiger partial charge in [0, 0.05) is 10.9 Å². The molecule has 0 aliphatic rings. The first-order valence-corrected chi connectivity index (χ1v) is 6.92. The number of carbonyl (C=O) groups is 1. The van der Waals surface area contributed by atoms with Gasteiger partial charge < -0.3 is 5.32 Å². The van der Waals surface area contributed by atoms with E-state index in [1.54, 1.807) is 6.92 Å². The number of aromatic nitrogens is 1. The van der Waals surface area contributed by atoms with E-state index in [-0.39, 0.29) is 10.7 Å². The van der Waals surface area contributed by atoms with Crippen molar-refractivity contribution in [3.8, 4) is 11.3 Å². The van der Waals surface area contributed by atoms with Crippen LogP contribution in [0.5, 0.6) is 0 Å². The quantitative estimate of drug-likeness (QED) is 0.881. The SMILES string of the molecule is C[C@@H](Br)C(=O)Nc1nc(-c2ccccc2)cs1. The molecule has 0 aliphatic heterocycles. The minimum Gasteiger partial charge on any atom is -0.301 e. The molecule has 88 valence electrons. The molecule has 5 heteroatoms. The number of nitrogens with one attached hydrogen (secondary N) is 1. The molecule has 1 aromatic carbocycles. The van der Waals surface area contributed by atoms with Crippen molar-refractivity contribution in [1.29, 1.82) is 0 Å². The third-order valence-electron chi connectivity index (χ3n) is 2.17. The van der Waals surface area contributed by atoms with Crippen LogP contribution in [0.3, 0.4) is 0 Å². The molecule has 2 aromatic rings. The van der Waals surface area contributed by atoms with Crippen molar-refractivity contribution in [1.82, 2.24) is 4.98 Å². The van der Waals surface area contributed by atoms with Gasteiger partial charge in [0.15, 0.2) is 5.13 Å². The molecule has 2 rings (SSSR count). The predicted molar refractivity (Wildman–Crippen MR) is 74.6 cm³/mol. The molecule has 0 radical (unpaired) electrons. The lowest BCUT2D eigenvalue weighted by Gasteiger charge is -2.02. The zero-order valence-electron chi connectivity index (χ0n) is 9.18. The molecule has 17 heavy (non-hydrogen) atoms. The minimum absolute atomic E-state index is 0.0843.